The molecule has 2 aliphatic heterocycles. The van der Waals surface area contributed by atoms with E-state index in [9.17, 15) is 5.11 Å². The van der Waals surface area contributed by atoms with E-state index in [-0.39, 0.29) is 22.7 Å². The van der Waals surface area contributed by atoms with Crippen molar-refractivity contribution in [2.75, 3.05) is 0 Å². The van der Waals surface area contributed by atoms with E-state index in [0.29, 0.717) is 17.8 Å². The van der Waals surface area contributed by atoms with Gasteiger partial charge in [0.15, 0.2) is 0 Å². The molecule has 4 aliphatic rings. The minimum Gasteiger partial charge on any atom is -0.389 e. The molecule has 0 radical (unpaired) electrons. The van der Waals surface area contributed by atoms with Crippen LogP contribution in [0.25, 0.3) is 0 Å². The van der Waals surface area contributed by atoms with E-state index in [2.05, 4.69) is 34.6 Å². The van der Waals surface area contributed by atoms with Gasteiger partial charge in [0.25, 0.3) is 0 Å². The van der Waals surface area contributed by atoms with Crippen LogP contribution in [0, 0.1) is 23.2 Å². The van der Waals surface area contributed by atoms with Crippen LogP contribution < -0.4 is 0 Å². The Morgan fingerprint density at radius 2 is 2.05 bits per heavy atom. The van der Waals surface area contributed by atoms with Gasteiger partial charge in [0.2, 0.25) is 0 Å². The number of ether oxygens (including phenoxy) is 1. The summed E-state index contributed by atoms with van der Waals surface area (Å²) in [7, 11) is 0. The van der Waals surface area contributed by atoms with Gasteiger partial charge in [-0.3, -0.25) is 0 Å². The van der Waals surface area contributed by atoms with Crippen molar-refractivity contribution in [2.24, 2.45) is 23.2 Å². The van der Waals surface area contributed by atoms with Crippen molar-refractivity contribution in [3.63, 3.8) is 0 Å². The Labute approximate surface area is 129 Å². The number of hydrogen-bond donors (Lipinski definition) is 1. The molecule has 0 aromatic carbocycles. The Morgan fingerprint density at radius 1 is 1.33 bits per heavy atom. The first kappa shape index (κ1) is 14.3. The van der Waals surface area contributed by atoms with Gasteiger partial charge in [-0.25, -0.2) is 0 Å². The fourth-order valence-corrected chi connectivity index (χ4v) is 6.66. The van der Waals surface area contributed by atoms with Gasteiger partial charge in [0, 0.05) is 5.41 Å². The fourth-order valence-electron chi connectivity index (χ4n) is 6.66. The molecule has 1 saturated carbocycles. The van der Waals surface area contributed by atoms with Crippen molar-refractivity contribution < 1.29 is 9.84 Å². The number of rotatable bonds is 1. The molecule has 21 heavy (non-hydrogen) atoms. The zero-order valence-corrected chi connectivity index (χ0v) is 14.2. The maximum Gasteiger partial charge on any atom is 0.119 e. The number of aliphatic hydroxyl groups is 1. The summed E-state index contributed by atoms with van der Waals surface area (Å²) in [6, 6.07) is 0. The van der Waals surface area contributed by atoms with E-state index in [1.54, 1.807) is 0 Å². The minimum atomic E-state index is -0.346. The zero-order chi connectivity index (χ0) is 15.2. The first-order valence-corrected chi connectivity index (χ1v) is 8.84. The molecule has 2 aliphatic carbocycles. The summed E-state index contributed by atoms with van der Waals surface area (Å²) in [5.41, 5.74) is 2.80. The standard InChI is InChI=1S/C19H30O2/c1-11(2)14-6-7-17(5)10-15-12(3)8-16(20)19(15)13(4)9-18(14,17)21-19/h11,13-14,16,20H,6-10H2,1-5H3/t13-,14-,16-,17-,18+,19+/m1/s1. The normalized spacial score (nSPS) is 55.3. The number of aliphatic hydroxyl groups excluding tert-OH is 1. The van der Waals surface area contributed by atoms with Gasteiger partial charge >= 0.3 is 0 Å². The summed E-state index contributed by atoms with van der Waals surface area (Å²) >= 11 is 0. The second-order valence-corrected chi connectivity index (χ2v) is 9.00. The van der Waals surface area contributed by atoms with Gasteiger partial charge in [-0.2, -0.15) is 0 Å². The van der Waals surface area contributed by atoms with Crippen LogP contribution in [0.15, 0.2) is 11.1 Å². The van der Waals surface area contributed by atoms with E-state index in [1.807, 2.05) is 0 Å². The highest BCUT2D eigenvalue weighted by Crippen LogP contribution is 2.72. The summed E-state index contributed by atoms with van der Waals surface area (Å²) < 4.78 is 6.98. The van der Waals surface area contributed by atoms with Crippen LogP contribution in [0.4, 0.5) is 0 Å². The van der Waals surface area contributed by atoms with Crippen LogP contribution in [-0.2, 0) is 4.74 Å². The van der Waals surface area contributed by atoms with Crippen LogP contribution in [0.3, 0.4) is 0 Å². The first-order valence-electron chi connectivity index (χ1n) is 8.84. The van der Waals surface area contributed by atoms with Gasteiger partial charge in [-0.05, 0) is 62.4 Å². The summed E-state index contributed by atoms with van der Waals surface area (Å²) in [5.74, 6) is 1.76. The van der Waals surface area contributed by atoms with Crippen molar-refractivity contribution in [1.82, 2.24) is 0 Å². The highest BCUT2D eigenvalue weighted by molar-refractivity contribution is 5.42. The van der Waals surface area contributed by atoms with Crippen molar-refractivity contribution in [3.05, 3.63) is 11.1 Å². The largest absolute Gasteiger partial charge is 0.389 e. The van der Waals surface area contributed by atoms with Crippen LogP contribution in [0.2, 0.25) is 0 Å². The molecule has 0 amide bonds. The Kier molecular flexibility index (Phi) is 2.68. The van der Waals surface area contributed by atoms with Gasteiger partial charge in [0.1, 0.15) is 5.60 Å². The lowest BCUT2D eigenvalue weighted by Crippen LogP contribution is -2.57. The second kappa shape index (κ2) is 3.94. The summed E-state index contributed by atoms with van der Waals surface area (Å²) in [5, 5.41) is 10.8. The summed E-state index contributed by atoms with van der Waals surface area (Å²) in [6.07, 6.45) is 5.37. The van der Waals surface area contributed by atoms with Crippen molar-refractivity contribution in [3.8, 4) is 0 Å². The van der Waals surface area contributed by atoms with Gasteiger partial charge in [-0.1, -0.05) is 33.3 Å². The summed E-state index contributed by atoms with van der Waals surface area (Å²) in [6.45, 7) is 11.7. The third-order valence-electron chi connectivity index (χ3n) is 7.67. The molecule has 2 heterocycles. The minimum absolute atomic E-state index is 0.00961. The van der Waals surface area contributed by atoms with E-state index in [0.717, 1.165) is 19.3 Å². The lowest BCUT2D eigenvalue weighted by Gasteiger charge is -2.52. The van der Waals surface area contributed by atoms with Gasteiger partial charge in [-0.15, -0.1) is 0 Å². The Morgan fingerprint density at radius 3 is 2.71 bits per heavy atom. The molecule has 2 bridgehead atoms. The van der Waals surface area contributed by atoms with E-state index in [1.165, 1.54) is 24.0 Å². The average Bonchev–Trinajstić information content (AvgIpc) is 2.91. The van der Waals surface area contributed by atoms with Crippen molar-refractivity contribution >= 4 is 0 Å². The molecule has 2 heteroatoms. The zero-order valence-electron chi connectivity index (χ0n) is 14.2. The molecule has 0 unspecified atom stereocenters. The third-order valence-corrected chi connectivity index (χ3v) is 7.67. The SMILES string of the molecule is CC1=C2C[C@@]3(C)CC[C@H](C(C)C)[C@@]34C[C@@H](C)[C@@]2(O4)[C@H](O)C1. The lowest BCUT2D eigenvalue weighted by atomic mass is 9.65. The summed E-state index contributed by atoms with van der Waals surface area (Å²) in [4.78, 5) is 0. The van der Waals surface area contributed by atoms with Gasteiger partial charge in [0.05, 0.1) is 11.7 Å². The quantitative estimate of drug-likeness (QED) is 0.737. The highest BCUT2D eigenvalue weighted by Gasteiger charge is 2.74. The molecule has 2 saturated heterocycles. The molecule has 0 aromatic heterocycles. The molecule has 2 spiro atoms. The predicted molar refractivity (Wildman–Crippen MR) is 83.9 cm³/mol. The maximum absolute atomic E-state index is 10.8. The second-order valence-electron chi connectivity index (χ2n) is 9.00. The number of hydrogen-bond acceptors (Lipinski definition) is 2. The lowest BCUT2D eigenvalue weighted by molar-refractivity contribution is -0.214. The molecule has 0 aromatic rings. The molecule has 3 fully saturated rings. The molecule has 2 nitrogen and oxygen atoms in total. The van der Waals surface area contributed by atoms with Crippen LogP contribution in [0.1, 0.15) is 66.7 Å². The van der Waals surface area contributed by atoms with Crippen LogP contribution in [-0.4, -0.2) is 22.4 Å². The van der Waals surface area contributed by atoms with E-state index in [4.69, 9.17) is 4.74 Å². The Bertz CT molecular complexity index is 522. The Balaban J connectivity index is 1.89. The topological polar surface area (TPSA) is 29.5 Å². The highest BCUT2D eigenvalue weighted by atomic mass is 16.5. The smallest absolute Gasteiger partial charge is 0.119 e. The molecule has 4 rings (SSSR count). The monoisotopic (exact) mass is 290 g/mol. The molecular formula is C19H30O2. The van der Waals surface area contributed by atoms with Crippen molar-refractivity contribution in [2.45, 2.75) is 84.0 Å². The molecule has 1 N–H and O–H groups in total. The van der Waals surface area contributed by atoms with Crippen molar-refractivity contribution in [1.29, 1.82) is 0 Å². The third kappa shape index (κ3) is 1.38. The molecule has 118 valence electrons. The molecular weight excluding hydrogens is 260 g/mol. The fraction of sp³-hybridized carbons (Fsp3) is 0.895. The van der Waals surface area contributed by atoms with E-state index >= 15 is 0 Å². The Hall–Kier alpha value is -0.340. The first-order chi connectivity index (χ1) is 9.77. The van der Waals surface area contributed by atoms with Crippen LogP contribution >= 0.6 is 0 Å². The average molecular weight is 290 g/mol. The van der Waals surface area contributed by atoms with E-state index < -0.39 is 0 Å². The van der Waals surface area contributed by atoms with Gasteiger partial charge < -0.3 is 9.84 Å². The van der Waals surface area contributed by atoms with Crippen LogP contribution in [0.5, 0.6) is 0 Å². The maximum atomic E-state index is 10.8. The molecule has 6 atom stereocenters. The predicted octanol–water partition coefficient (Wildman–Crippen LogP) is 4.08.